The van der Waals surface area contributed by atoms with Crippen LogP contribution in [0.2, 0.25) is 0 Å². The average Bonchev–Trinajstić information content (AvgIpc) is 3.00. The first kappa shape index (κ1) is 14.4. The molecule has 1 saturated heterocycles. The van der Waals surface area contributed by atoms with Crippen molar-refractivity contribution in [3.63, 3.8) is 0 Å². The number of amides is 2. The van der Waals surface area contributed by atoms with Gasteiger partial charge in [0.15, 0.2) is 5.58 Å². The smallest absolute Gasteiger partial charge is 0.408 e. The van der Waals surface area contributed by atoms with Gasteiger partial charge in [-0.1, -0.05) is 0 Å². The van der Waals surface area contributed by atoms with Gasteiger partial charge < -0.3 is 14.6 Å². The molecule has 1 aromatic carbocycles. The molecule has 2 aromatic rings. The monoisotopic (exact) mass is 303 g/mol. The molecule has 2 heterocycles. The predicted octanol–water partition coefficient (Wildman–Crippen LogP) is 0.938. The normalized spacial score (nSPS) is 18.2. The van der Waals surface area contributed by atoms with Crippen LogP contribution in [0.15, 0.2) is 27.4 Å². The largest absolute Gasteiger partial charge is 0.419 e. The summed E-state index contributed by atoms with van der Waals surface area (Å²) in [6, 6.07) is 5.04. The number of anilines is 1. The number of rotatable bonds is 3. The van der Waals surface area contributed by atoms with Crippen LogP contribution < -0.4 is 11.1 Å². The number of benzene rings is 1. The van der Waals surface area contributed by atoms with E-state index in [1.54, 1.807) is 30.1 Å². The Kier molecular flexibility index (Phi) is 3.48. The zero-order valence-corrected chi connectivity index (χ0v) is 12.5. The molecule has 0 bridgehead atoms. The first-order valence-corrected chi connectivity index (χ1v) is 7.17. The van der Waals surface area contributed by atoms with Crippen molar-refractivity contribution < 1.29 is 14.0 Å². The number of carbonyl (C=O) groups is 2. The van der Waals surface area contributed by atoms with Crippen LogP contribution in [0.25, 0.3) is 11.1 Å². The summed E-state index contributed by atoms with van der Waals surface area (Å²) in [6.07, 6.45) is 0.238. The Bertz CT molecular complexity index is 805. The number of fused-ring (bicyclic) bond motifs is 1. The van der Waals surface area contributed by atoms with Gasteiger partial charge in [-0.3, -0.25) is 14.2 Å². The Morgan fingerprint density at radius 2 is 2.18 bits per heavy atom. The quantitative estimate of drug-likeness (QED) is 0.914. The summed E-state index contributed by atoms with van der Waals surface area (Å²) < 4.78 is 6.49. The van der Waals surface area contributed by atoms with E-state index in [1.807, 2.05) is 6.92 Å². The molecule has 1 N–H and O–H groups in total. The minimum atomic E-state index is -0.446. The molecule has 1 fully saturated rings. The van der Waals surface area contributed by atoms with Crippen molar-refractivity contribution in [3.8, 4) is 0 Å². The molecule has 3 rings (SSSR count). The second-order valence-electron chi connectivity index (χ2n) is 5.43. The number of aryl methyl sites for hydroxylation is 1. The van der Waals surface area contributed by atoms with Gasteiger partial charge in [-0.05, 0) is 19.1 Å². The summed E-state index contributed by atoms with van der Waals surface area (Å²) in [6.45, 7) is 2.96. The number of nitrogens with zero attached hydrogens (tertiary/aromatic N) is 2. The number of hydrogen-bond donors (Lipinski definition) is 1. The van der Waals surface area contributed by atoms with Gasteiger partial charge in [0.1, 0.15) is 0 Å². The van der Waals surface area contributed by atoms with Crippen LogP contribution in [-0.4, -0.2) is 34.4 Å². The van der Waals surface area contributed by atoms with E-state index in [9.17, 15) is 14.4 Å². The van der Waals surface area contributed by atoms with E-state index in [0.717, 1.165) is 0 Å². The van der Waals surface area contributed by atoms with Crippen LogP contribution >= 0.6 is 0 Å². The van der Waals surface area contributed by atoms with E-state index in [0.29, 0.717) is 29.9 Å². The zero-order valence-electron chi connectivity index (χ0n) is 12.5. The highest BCUT2D eigenvalue weighted by Gasteiger charge is 2.33. The van der Waals surface area contributed by atoms with Gasteiger partial charge in [0, 0.05) is 38.3 Å². The van der Waals surface area contributed by atoms with Crippen LogP contribution in [-0.2, 0) is 16.6 Å². The molecule has 7 heteroatoms. The summed E-state index contributed by atoms with van der Waals surface area (Å²) in [5.41, 5.74) is 1.63. The lowest BCUT2D eigenvalue weighted by atomic mass is 10.1. The minimum Gasteiger partial charge on any atom is -0.408 e. The third-order valence-corrected chi connectivity index (χ3v) is 4.03. The van der Waals surface area contributed by atoms with Gasteiger partial charge in [0.2, 0.25) is 11.8 Å². The van der Waals surface area contributed by atoms with E-state index >= 15 is 0 Å². The third-order valence-electron chi connectivity index (χ3n) is 4.03. The SMILES string of the molecule is CCN1C[C@H](C(=O)Nc2ccc3c(c2)oc(=O)n3C)CC1=O. The van der Waals surface area contributed by atoms with Crippen molar-refractivity contribution in [2.24, 2.45) is 13.0 Å². The van der Waals surface area contributed by atoms with Gasteiger partial charge in [-0.2, -0.15) is 0 Å². The molecule has 0 unspecified atom stereocenters. The molecule has 22 heavy (non-hydrogen) atoms. The van der Waals surface area contributed by atoms with Crippen molar-refractivity contribution in [2.45, 2.75) is 13.3 Å². The number of aromatic nitrogens is 1. The van der Waals surface area contributed by atoms with Gasteiger partial charge in [0.25, 0.3) is 0 Å². The Balaban J connectivity index is 1.77. The lowest BCUT2D eigenvalue weighted by Gasteiger charge is -2.13. The van der Waals surface area contributed by atoms with Gasteiger partial charge in [-0.25, -0.2) is 4.79 Å². The lowest BCUT2D eigenvalue weighted by molar-refractivity contribution is -0.128. The average molecular weight is 303 g/mol. The Hall–Kier alpha value is -2.57. The molecule has 0 radical (unpaired) electrons. The van der Waals surface area contributed by atoms with Gasteiger partial charge >= 0.3 is 5.76 Å². The molecule has 2 amide bonds. The highest BCUT2D eigenvalue weighted by atomic mass is 16.4. The van der Waals surface area contributed by atoms with Crippen molar-refractivity contribution in [1.29, 1.82) is 0 Å². The molecule has 7 nitrogen and oxygen atoms in total. The van der Waals surface area contributed by atoms with Crippen molar-refractivity contribution >= 4 is 28.6 Å². The van der Waals surface area contributed by atoms with E-state index < -0.39 is 5.76 Å². The number of likely N-dealkylation sites (tertiary alicyclic amines) is 1. The number of nitrogens with one attached hydrogen (secondary N) is 1. The number of carbonyl (C=O) groups excluding carboxylic acids is 2. The minimum absolute atomic E-state index is 0.00663. The fourth-order valence-corrected chi connectivity index (χ4v) is 2.71. The number of oxazole rings is 1. The summed E-state index contributed by atoms with van der Waals surface area (Å²) in [4.78, 5) is 37.0. The van der Waals surface area contributed by atoms with Crippen LogP contribution in [0, 0.1) is 5.92 Å². The topological polar surface area (TPSA) is 84.6 Å². The summed E-state index contributed by atoms with van der Waals surface area (Å²) in [7, 11) is 1.62. The highest BCUT2D eigenvalue weighted by molar-refractivity contribution is 5.98. The van der Waals surface area contributed by atoms with E-state index in [1.165, 1.54) is 4.57 Å². The molecule has 1 aliphatic heterocycles. The fraction of sp³-hybridized carbons (Fsp3) is 0.400. The maximum Gasteiger partial charge on any atom is 0.419 e. The van der Waals surface area contributed by atoms with Crippen molar-refractivity contribution in [1.82, 2.24) is 9.47 Å². The highest BCUT2D eigenvalue weighted by Crippen LogP contribution is 2.22. The molecular formula is C15H17N3O4. The molecule has 0 saturated carbocycles. The van der Waals surface area contributed by atoms with E-state index in [2.05, 4.69) is 5.32 Å². The van der Waals surface area contributed by atoms with Gasteiger partial charge in [-0.15, -0.1) is 0 Å². The molecule has 0 spiro atoms. The Morgan fingerprint density at radius 3 is 2.86 bits per heavy atom. The van der Waals surface area contributed by atoms with Crippen molar-refractivity contribution in [2.75, 3.05) is 18.4 Å². The summed E-state index contributed by atoms with van der Waals surface area (Å²) >= 11 is 0. The van der Waals surface area contributed by atoms with E-state index in [-0.39, 0.29) is 24.2 Å². The van der Waals surface area contributed by atoms with Crippen LogP contribution in [0.4, 0.5) is 5.69 Å². The Labute approximate surface area is 126 Å². The summed E-state index contributed by atoms with van der Waals surface area (Å²) in [5.74, 6) is -0.974. The second kappa shape index (κ2) is 5.32. The molecule has 1 aliphatic rings. The molecule has 1 aromatic heterocycles. The van der Waals surface area contributed by atoms with E-state index in [4.69, 9.17) is 4.42 Å². The second-order valence-corrected chi connectivity index (χ2v) is 5.43. The molecule has 0 aliphatic carbocycles. The Morgan fingerprint density at radius 1 is 1.41 bits per heavy atom. The van der Waals surface area contributed by atoms with Crippen LogP contribution in [0.5, 0.6) is 0 Å². The predicted molar refractivity (Wildman–Crippen MR) is 80.4 cm³/mol. The molecule has 116 valence electrons. The van der Waals surface area contributed by atoms with Crippen molar-refractivity contribution in [3.05, 3.63) is 28.7 Å². The zero-order chi connectivity index (χ0) is 15.9. The molecular weight excluding hydrogens is 286 g/mol. The lowest BCUT2D eigenvalue weighted by Crippen LogP contribution is -2.28. The third kappa shape index (κ3) is 2.38. The van der Waals surface area contributed by atoms with Crippen LogP contribution in [0.3, 0.4) is 0 Å². The van der Waals surface area contributed by atoms with Crippen LogP contribution in [0.1, 0.15) is 13.3 Å². The maximum atomic E-state index is 12.2. The van der Waals surface area contributed by atoms with Gasteiger partial charge in [0.05, 0.1) is 11.4 Å². The molecule has 1 atom stereocenters. The first-order valence-electron chi connectivity index (χ1n) is 7.17. The standard InChI is InChI=1S/C15H17N3O4/c1-3-18-8-9(6-13(18)19)14(20)16-10-4-5-11-12(7-10)22-15(21)17(11)2/h4-5,7,9H,3,6,8H2,1-2H3,(H,16,20)/t9-/m1/s1. The first-order chi connectivity index (χ1) is 10.5. The number of hydrogen-bond acceptors (Lipinski definition) is 4. The summed E-state index contributed by atoms with van der Waals surface area (Å²) in [5, 5.41) is 2.78. The fourth-order valence-electron chi connectivity index (χ4n) is 2.71. The maximum absolute atomic E-state index is 12.2.